The molecule has 2 aromatic rings. The fourth-order valence-corrected chi connectivity index (χ4v) is 2.76. The Morgan fingerprint density at radius 2 is 2.20 bits per heavy atom. The Kier molecular flexibility index (Phi) is 5.17. The Hall–Kier alpha value is -1.36. The highest BCUT2D eigenvalue weighted by Gasteiger charge is 2.10. The molecule has 3 nitrogen and oxygen atoms in total. The molecule has 1 aromatic carbocycles. The first-order valence-corrected chi connectivity index (χ1v) is 7.63. The van der Waals surface area contributed by atoms with Crippen LogP contribution in [-0.4, -0.2) is 24.4 Å². The summed E-state index contributed by atoms with van der Waals surface area (Å²) in [5.74, 6) is -0.0342. The van der Waals surface area contributed by atoms with Crippen LogP contribution in [0.25, 0.3) is 0 Å². The molecule has 106 valence electrons. The maximum Gasteiger partial charge on any atom is 0.238 e. The molecule has 5 heteroatoms. The molecule has 1 heterocycles. The van der Waals surface area contributed by atoms with Crippen LogP contribution < -0.4 is 5.32 Å². The number of nitrogens with one attached hydrogen (secondary N) is 1. The summed E-state index contributed by atoms with van der Waals surface area (Å²) in [7, 11) is 1.93. The summed E-state index contributed by atoms with van der Waals surface area (Å²) in [6.45, 7) is 3.01. The van der Waals surface area contributed by atoms with E-state index in [0.29, 0.717) is 11.6 Å². The Morgan fingerprint density at radius 1 is 1.40 bits per heavy atom. The van der Waals surface area contributed by atoms with E-state index in [1.165, 1.54) is 5.56 Å². The van der Waals surface area contributed by atoms with Crippen molar-refractivity contribution in [3.8, 4) is 0 Å². The van der Waals surface area contributed by atoms with Gasteiger partial charge < -0.3 is 5.32 Å². The summed E-state index contributed by atoms with van der Waals surface area (Å²) in [4.78, 5) is 14.0. The lowest BCUT2D eigenvalue weighted by Gasteiger charge is -2.16. The molecule has 0 aliphatic carbocycles. The van der Waals surface area contributed by atoms with E-state index in [0.717, 1.165) is 17.8 Å². The quantitative estimate of drug-likeness (QED) is 0.911. The summed E-state index contributed by atoms with van der Waals surface area (Å²) < 4.78 is 0. The molecule has 2 rings (SSSR count). The van der Waals surface area contributed by atoms with Gasteiger partial charge in [-0.25, -0.2) is 0 Å². The van der Waals surface area contributed by atoms with Crippen LogP contribution in [0, 0.1) is 6.92 Å². The largest absolute Gasteiger partial charge is 0.325 e. The molecule has 0 spiro atoms. The first kappa shape index (κ1) is 15.0. The average Bonchev–Trinajstić information content (AvgIpc) is 2.87. The molecule has 20 heavy (non-hydrogen) atoms. The van der Waals surface area contributed by atoms with Crippen LogP contribution in [0.2, 0.25) is 5.02 Å². The van der Waals surface area contributed by atoms with Crippen molar-refractivity contribution in [3.05, 3.63) is 51.2 Å². The minimum Gasteiger partial charge on any atom is -0.325 e. The smallest absolute Gasteiger partial charge is 0.238 e. The van der Waals surface area contributed by atoms with Crippen molar-refractivity contribution in [2.75, 3.05) is 18.9 Å². The minimum atomic E-state index is -0.0342. The molecule has 0 aliphatic heterocycles. The van der Waals surface area contributed by atoms with E-state index in [-0.39, 0.29) is 5.91 Å². The molecular formula is C15H17ClN2OS. The van der Waals surface area contributed by atoms with E-state index >= 15 is 0 Å². The highest BCUT2D eigenvalue weighted by molar-refractivity contribution is 7.07. The van der Waals surface area contributed by atoms with Gasteiger partial charge in [0.25, 0.3) is 0 Å². The highest BCUT2D eigenvalue weighted by Crippen LogP contribution is 2.22. The van der Waals surface area contributed by atoms with Crippen molar-refractivity contribution in [2.24, 2.45) is 0 Å². The van der Waals surface area contributed by atoms with E-state index in [4.69, 9.17) is 11.6 Å². The van der Waals surface area contributed by atoms with E-state index in [1.807, 2.05) is 42.5 Å². The van der Waals surface area contributed by atoms with E-state index in [1.54, 1.807) is 11.3 Å². The number of amides is 1. The Labute approximate surface area is 128 Å². The molecule has 1 aromatic heterocycles. The molecule has 0 atom stereocenters. The minimum absolute atomic E-state index is 0.0342. The maximum atomic E-state index is 12.0. The average molecular weight is 309 g/mol. The Bertz CT molecular complexity index is 584. The van der Waals surface area contributed by atoms with Crippen molar-refractivity contribution in [1.29, 1.82) is 0 Å². The third-order valence-electron chi connectivity index (χ3n) is 2.99. The number of carbonyl (C=O) groups is 1. The van der Waals surface area contributed by atoms with E-state index in [2.05, 4.69) is 16.8 Å². The highest BCUT2D eigenvalue weighted by atomic mass is 35.5. The maximum absolute atomic E-state index is 12.0. The van der Waals surface area contributed by atoms with Crippen LogP contribution in [-0.2, 0) is 11.3 Å². The Morgan fingerprint density at radius 3 is 2.90 bits per heavy atom. The van der Waals surface area contributed by atoms with Gasteiger partial charge in [0.1, 0.15) is 0 Å². The number of likely N-dealkylation sites (N-methyl/N-ethyl adjacent to an activating group) is 1. The zero-order chi connectivity index (χ0) is 14.5. The molecule has 0 bridgehead atoms. The second-order valence-electron chi connectivity index (χ2n) is 4.76. The number of anilines is 1. The lowest BCUT2D eigenvalue weighted by molar-refractivity contribution is -0.117. The predicted octanol–water partition coefficient (Wildman–Crippen LogP) is 3.78. The van der Waals surface area contributed by atoms with Crippen LogP contribution in [0.5, 0.6) is 0 Å². The normalized spacial score (nSPS) is 10.8. The molecule has 1 N–H and O–H groups in total. The van der Waals surface area contributed by atoms with Crippen LogP contribution in [0.4, 0.5) is 5.69 Å². The summed E-state index contributed by atoms with van der Waals surface area (Å²) in [6, 6.07) is 7.58. The third kappa shape index (κ3) is 4.07. The summed E-state index contributed by atoms with van der Waals surface area (Å²) in [5.41, 5.74) is 2.89. The fraction of sp³-hybridized carbons (Fsp3) is 0.267. The van der Waals surface area contributed by atoms with Crippen molar-refractivity contribution < 1.29 is 4.79 Å². The van der Waals surface area contributed by atoms with Gasteiger partial charge in [-0.15, -0.1) is 0 Å². The molecule has 1 amide bonds. The van der Waals surface area contributed by atoms with Gasteiger partial charge >= 0.3 is 0 Å². The number of carbonyl (C=O) groups excluding carboxylic acids is 1. The number of thiophene rings is 1. The summed E-state index contributed by atoms with van der Waals surface area (Å²) in [6.07, 6.45) is 0. The number of halogens is 1. The second-order valence-corrected chi connectivity index (χ2v) is 5.95. The second kappa shape index (κ2) is 6.88. The molecule has 0 saturated heterocycles. The molecule has 0 radical (unpaired) electrons. The van der Waals surface area contributed by atoms with Gasteiger partial charge in [0.05, 0.1) is 6.54 Å². The van der Waals surface area contributed by atoms with Gasteiger partial charge in [0.15, 0.2) is 0 Å². The Balaban J connectivity index is 1.90. The third-order valence-corrected chi connectivity index (χ3v) is 4.13. The van der Waals surface area contributed by atoms with Gasteiger partial charge in [-0.2, -0.15) is 11.3 Å². The van der Waals surface area contributed by atoms with E-state index in [9.17, 15) is 4.79 Å². The zero-order valence-corrected chi connectivity index (χ0v) is 13.1. The molecule has 0 saturated carbocycles. The summed E-state index contributed by atoms with van der Waals surface area (Å²) in [5, 5.41) is 7.69. The number of nitrogens with zero attached hydrogens (tertiary/aromatic N) is 1. The van der Waals surface area contributed by atoms with Crippen LogP contribution in [0.3, 0.4) is 0 Å². The lowest BCUT2D eigenvalue weighted by atomic mass is 10.2. The van der Waals surface area contributed by atoms with Crippen molar-refractivity contribution >= 4 is 34.5 Å². The van der Waals surface area contributed by atoms with Crippen LogP contribution in [0.15, 0.2) is 35.0 Å². The van der Waals surface area contributed by atoms with Gasteiger partial charge in [-0.3, -0.25) is 9.69 Å². The summed E-state index contributed by atoms with van der Waals surface area (Å²) >= 11 is 7.70. The van der Waals surface area contributed by atoms with Crippen LogP contribution >= 0.6 is 22.9 Å². The lowest BCUT2D eigenvalue weighted by Crippen LogP contribution is -2.29. The van der Waals surface area contributed by atoms with Crippen molar-refractivity contribution in [2.45, 2.75) is 13.5 Å². The van der Waals surface area contributed by atoms with Gasteiger partial charge in [-0.1, -0.05) is 17.7 Å². The fourth-order valence-electron chi connectivity index (χ4n) is 1.93. The number of hydrogen-bond donors (Lipinski definition) is 1. The van der Waals surface area contributed by atoms with Crippen molar-refractivity contribution in [3.63, 3.8) is 0 Å². The molecule has 0 fully saturated rings. The van der Waals surface area contributed by atoms with E-state index < -0.39 is 0 Å². The predicted molar refractivity (Wildman–Crippen MR) is 85.5 cm³/mol. The van der Waals surface area contributed by atoms with Crippen molar-refractivity contribution in [1.82, 2.24) is 4.90 Å². The van der Waals surface area contributed by atoms with Crippen LogP contribution in [0.1, 0.15) is 11.1 Å². The monoisotopic (exact) mass is 308 g/mol. The molecule has 0 unspecified atom stereocenters. The standard InChI is InChI=1S/C15H17ClN2OS/c1-11-13(16)4-3-5-14(11)17-15(19)9-18(2)8-12-6-7-20-10-12/h3-7,10H,8-9H2,1-2H3,(H,17,19). The number of benzene rings is 1. The molecular weight excluding hydrogens is 292 g/mol. The zero-order valence-electron chi connectivity index (χ0n) is 11.5. The van der Waals surface area contributed by atoms with Gasteiger partial charge in [0.2, 0.25) is 5.91 Å². The first-order chi connectivity index (χ1) is 9.56. The van der Waals surface area contributed by atoms with Gasteiger partial charge in [-0.05, 0) is 54.1 Å². The van der Waals surface area contributed by atoms with Gasteiger partial charge in [0, 0.05) is 17.3 Å². The topological polar surface area (TPSA) is 32.3 Å². The number of hydrogen-bond acceptors (Lipinski definition) is 3. The SMILES string of the molecule is Cc1c(Cl)cccc1NC(=O)CN(C)Cc1ccsc1. The first-order valence-electron chi connectivity index (χ1n) is 6.31. The molecule has 0 aliphatic rings. The number of rotatable bonds is 5.